The molecule has 2 heterocycles. The van der Waals surface area contributed by atoms with Crippen LogP contribution < -0.4 is 16.7 Å². The second kappa shape index (κ2) is 8.32. The Morgan fingerprint density at radius 2 is 1.89 bits per heavy atom. The quantitative estimate of drug-likeness (QED) is 0.341. The monoisotopic (exact) mass is 383 g/mol. The SMILES string of the molecule is C[C@H](Sc1nnc(-c2cccnc2)n1N)C(=O)NNC(=O)c1ccccc1. The number of nitrogen functional groups attached to an aromatic ring is 1. The first-order valence-corrected chi connectivity index (χ1v) is 8.87. The second-order valence-corrected chi connectivity index (χ2v) is 6.80. The van der Waals surface area contributed by atoms with Crippen molar-refractivity contribution in [2.24, 2.45) is 0 Å². The van der Waals surface area contributed by atoms with E-state index in [0.717, 1.165) is 11.8 Å². The third-order valence-electron chi connectivity index (χ3n) is 3.57. The Bertz CT molecular complexity index is 931. The number of hydrogen-bond acceptors (Lipinski definition) is 7. The van der Waals surface area contributed by atoms with E-state index in [9.17, 15) is 9.59 Å². The van der Waals surface area contributed by atoms with E-state index in [1.165, 1.54) is 4.68 Å². The van der Waals surface area contributed by atoms with Gasteiger partial charge in [0.1, 0.15) is 0 Å². The maximum absolute atomic E-state index is 12.2. The maximum atomic E-state index is 12.2. The molecule has 0 radical (unpaired) electrons. The number of nitrogens with two attached hydrogens (primary N) is 1. The Hall–Kier alpha value is -3.40. The van der Waals surface area contributed by atoms with Crippen molar-refractivity contribution in [3.63, 3.8) is 0 Å². The molecular weight excluding hydrogens is 366 g/mol. The molecule has 0 aliphatic carbocycles. The summed E-state index contributed by atoms with van der Waals surface area (Å²) in [4.78, 5) is 28.2. The lowest BCUT2D eigenvalue weighted by Gasteiger charge is -2.12. The van der Waals surface area contributed by atoms with Gasteiger partial charge in [-0.1, -0.05) is 30.0 Å². The van der Waals surface area contributed by atoms with Crippen molar-refractivity contribution >= 4 is 23.6 Å². The van der Waals surface area contributed by atoms with E-state index in [1.54, 1.807) is 55.7 Å². The van der Waals surface area contributed by atoms with Crippen LogP contribution >= 0.6 is 11.8 Å². The summed E-state index contributed by atoms with van der Waals surface area (Å²) >= 11 is 1.12. The highest BCUT2D eigenvalue weighted by Gasteiger charge is 2.20. The van der Waals surface area contributed by atoms with Gasteiger partial charge in [0, 0.05) is 23.5 Å². The lowest BCUT2D eigenvalue weighted by atomic mass is 10.2. The highest BCUT2D eigenvalue weighted by molar-refractivity contribution is 8.00. The van der Waals surface area contributed by atoms with E-state index in [0.29, 0.717) is 22.1 Å². The van der Waals surface area contributed by atoms with Crippen LogP contribution in [0.3, 0.4) is 0 Å². The minimum absolute atomic E-state index is 0.367. The zero-order chi connectivity index (χ0) is 19.2. The molecule has 1 aromatic carbocycles. The average molecular weight is 383 g/mol. The summed E-state index contributed by atoms with van der Waals surface area (Å²) in [5, 5.41) is 7.86. The Morgan fingerprint density at radius 1 is 1.11 bits per heavy atom. The number of hydrazine groups is 1. The molecule has 2 amide bonds. The number of rotatable bonds is 5. The van der Waals surface area contributed by atoms with Gasteiger partial charge in [0.25, 0.3) is 11.8 Å². The van der Waals surface area contributed by atoms with Gasteiger partial charge in [-0.05, 0) is 31.2 Å². The predicted molar refractivity (Wildman–Crippen MR) is 101 cm³/mol. The van der Waals surface area contributed by atoms with Crippen LogP contribution in [0.4, 0.5) is 0 Å². The number of carbonyl (C=O) groups excluding carboxylic acids is 2. The molecule has 27 heavy (non-hydrogen) atoms. The van der Waals surface area contributed by atoms with E-state index in [-0.39, 0.29) is 0 Å². The molecule has 0 spiro atoms. The molecule has 4 N–H and O–H groups in total. The van der Waals surface area contributed by atoms with E-state index in [1.807, 2.05) is 6.07 Å². The molecule has 1 atom stereocenters. The standard InChI is InChI=1S/C17H17N7O2S/c1-11(15(25)21-22-16(26)12-6-3-2-4-7-12)27-17-23-20-14(24(17)18)13-8-5-9-19-10-13/h2-11H,18H2,1H3,(H,21,25)(H,22,26)/t11-/m0/s1. The molecule has 0 saturated carbocycles. The molecule has 0 fully saturated rings. The first-order chi connectivity index (χ1) is 13.1. The van der Waals surface area contributed by atoms with Gasteiger partial charge < -0.3 is 5.84 Å². The zero-order valence-electron chi connectivity index (χ0n) is 14.4. The van der Waals surface area contributed by atoms with Gasteiger partial charge in [-0.2, -0.15) is 0 Å². The maximum Gasteiger partial charge on any atom is 0.269 e. The van der Waals surface area contributed by atoms with Crippen molar-refractivity contribution in [1.82, 2.24) is 30.7 Å². The number of carbonyl (C=O) groups is 2. The molecule has 0 bridgehead atoms. The summed E-state index contributed by atoms with van der Waals surface area (Å²) in [5.74, 6) is 5.67. The van der Waals surface area contributed by atoms with Crippen molar-refractivity contribution in [3.05, 3.63) is 60.4 Å². The van der Waals surface area contributed by atoms with Gasteiger partial charge in [0.2, 0.25) is 5.16 Å². The van der Waals surface area contributed by atoms with E-state index < -0.39 is 17.1 Å². The topological polar surface area (TPSA) is 128 Å². The highest BCUT2D eigenvalue weighted by atomic mass is 32.2. The average Bonchev–Trinajstić information content (AvgIpc) is 3.07. The van der Waals surface area contributed by atoms with Crippen LogP contribution in [0.15, 0.2) is 60.0 Å². The number of nitrogens with one attached hydrogen (secondary N) is 2. The summed E-state index contributed by atoms with van der Waals surface area (Å²) in [6, 6.07) is 12.2. The lowest BCUT2D eigenvalue weighted by molar-refractivity contribution is -0.121. The Kier molecular flexibility index (Phi) is 5.67. The van der Waals surface area contributed by atoms with E-state index in [4.69, 9.17) is 5.84 Å². The molecule has 9 nitrogen and oxygen atoms in total. The molecule has 2 aromatic heterocycles. The smallest absolute Gasteiger partial charge is 0.269 e. The number of amides is 2. The normalized spacial score (nSPS) is 11.6. The van der Waals surface area contributed by atoms with Crippen LogP contribution in [0.2, 0.25) is 0 Å². The van der Waals surface area contributed by atoms with E-state index in [2.05, 4.69) is 26.0 Å². The first-order valence-electron chi connectivity index (χ1n) is 7.99. The predicted octanol–water partition coefficient (Wildman–Crippen LogP) is 0.996. The van der Waals surface area contributed by atoms with Crippen LogP contribution in [0.25, 0.3) is 11.4 Å². The van der Waals surface area contributed by atoms with Crippen molar-refractivity contribution in [2.45, 2.75) is 17.3 Å². The molecule has 0 aliphatic heterocycles. The zero-order valence-corrected chi connectivity index (χ0v) is 15.2. The minimum Gasteiger partial charge on any atom is -0.335 e. The number of pyridine rings is 1. The fourth-order valence-electron chi connectivity index (χ4n) is 2.14. The molecule has 138 valence electrons. The van der Waals surface area contributed by atoms with Gasteiger partial charge >= 0.3 is 0 Å². The van der Waals surface area contributed by atoms with Gasteiger partial charge in [-0.25, -0.2) is 4.68 Å². The Labute approximate surface area is 159 Å². The van der Waals surface area contributed by atoms with Crippen LogP contribution in [0, 0.1) is 0 Å². The number of hydrogen-bond donors (Lipinski definition) is 3. The summed E-state index contributed by atoms with van der Waals surface area (Å²) in [5.41, 5.74) is 5.93. The van der Waals surface area contributed by atoms with Crippen molar-refractivity contribution < 1.29 is 9.59 Å². The molecule has 0 saturated heterocycles. The van der Waals surface area contributed by atoms with Crippen LogP contribution in [-0.4, -0.2) is 36.9 Å². The summed E-state index contributed by atoms with van der Waals surface area (Å²) in [6.07, 6.45) is 3.27. The molecule has 3 rings (SSSR count). The van der Waals surface area contributed by atoms with Crippen LogP contribution in [0.5, 0.6) is 0 Å². The molecule has 0 unspecified atom stereocenters. The third-order valence-corrected chi connectivity index (χ3v) is 4.63. The Morgan fingerprint density at radius 3 is 2.59 bits per heavy atom. The van der Waals surface area contributed by atoms with Gasteiger partial charge in [0.05, 0.1) is 5.25 Å². The molecular formula is C17H17N7O2S. The van der Waals surface area contributed by atoms with Crippen LogP contribution in [0.1, 0.15) is 17.3 Å². The second-order valence-electron chi connectivity index (χ2n) is 5.49. The number of thioether (sulfide) groups is 1. The van der Waals surface area contributed by atoms with Crippen molar-refractivity contribution in [3.8, 4) is 11.4 Å². The number of benzene rings is 1. The van der Waals surface area contributed by atoms with Crippen molar-refractivity contribution in [2.75, 3.05) is 5.84 Å². The molecule has 3 aromatic rings. The van der Waals surface area contributed by atoms with Crippen LogP contribution in [-0.2, 0) is 4.79 Å². The van der Waals surface area contributed by atoms with Gasteiger partial charge in [-0.15, -0.1) is 10.2 Å². The molecule has 0 aliphatic rings. The highest BCUT2D eigenvalue weighted by Crippen LogP contribution is 2.24. The Balaban J connectivity index is 1.59. The summed E-state index contributed by atoms with van der Waals surface area (Å²) in [6.45, 7) is 1.67. The number of nitrogens with zero attached hydrogens (tertiary/aromatic N) is 4. The fraction of sp³-hybridized carbons (Fsp3) is 0.118. The lowest BCUT2D eigenvalue weighted by Crippen LogP contribution is -2.45. The first kappa shape index (κ1) is 18.4. The minimum atomic E-state index is -0.561. The summed E-state index contributed by atoms with van der Waals surface area (Å²) in [7, 11) is 0. The largest absolute Gasteiger partial charge is 0.335 e. The summed E-state index contributed by atoms with van der Waals surface area (Å²) < 4.78 is 1.30. The molecule has 10 heteroatoms. The number of aromatic nitrogens is 4. The van der Waals surface area contributed by atoms with E-state index >= 15 is 0 Å². The fourth-order valence-corrected chi connectivity index (χ4v) is 2.91. The van der Waals surface area contributed by atoms with Gasteiger partial charge in [0.15, 0.2) is 5.82 Å². The van der Waals surface area contributed by atoms with Crippen molar-refractivity contribution in [1.29, 1.82) is 0 Å². The third kappa shape index (κ3) is 4.42. The van der Waals surface area contributed by atoms with Gasteiger partial charge in [-0.3, -0.25) is 25.4 Å².